The summed E-state index contributed by atoms with van der Waals surface area (Å²) >= 11 is 2.83. The number of ketones is 1. The molecule has 0 atom stereocenters. The van der Waals surface area contributed by atoms with Crippen molar-refractivity contribution >= 4 is 62.3 Å². The number of unbranched alkanes of at least 4 members (excludes halogenated alkanes) is 7. The summed E-state index contributed by atoms with van der Waals surface area (Å²) < 4.78 is 7.54. The number of nitrogens with zero attached hydrogens (tertiary/aromatic N) is 1. The minimum absolute atomic E-state index is 0.0180. The largest absolute Gasteiger partial charge is 0.494 e. The van der Waals surface area contributed by atoms with Crippen LogP contribution in [0.1, 0.15) is 85.9 Å². The summed E-state index contributed by atoms with van der Waals surface area (Å²) in [4.78, 5) is 41.3. The Balaban J connectivity index is 1.20. The first kappa shape index (κ1) is 32.2. The molecule has 4 rings (SSSR count). The Kier molecular flexibility index (Phi) is 12.6. The van der Waals surface area contributed by atoms with Crippen molar-refractivity contribution in [1.29, 1.82) is 0 Å². The summed E-state index contributed by atoms with van der Waals surface area (Å²) in [6.07, 6.45) is 10.1. The molecule has 0 bridgehead atoms. The first-order valence-corrected chi connectivity index (χ1v) is 16.7. The van der Waals surface area contributed by atoms with E-state index in [4.69, 9.17) is 4.74 Å². The zero-order chi connectivity index (χ0) is 30.4. The van der Waals surface area contributed by atoms with Gasteiger partial charge >= 0.3 is 0 Å². The molecule has 7 nitrogen and oxygen atoms in total. The second-order valence-electron chi connectivity index (χ2n) is 10.4. The number of benzene rings is 3. The van der Waals surface area contributed by atoms with Crippen LogP contribution in [0.2, 0.25) is 0 Å². The van der Waals surface area contributed by atoms with Gasteiger partial charge in [-0.25, -0.2) is 4.98 Å². The molecule has 2 amide bonds. The fraction of sp³-hybridized carbons (Fsp3) is 0.353. The lowest BCUT2D eigenvalue weighted by Gasteiger charge is -2.08. The van der Waals surface area contributed by atoms with Gasteiger partial charge in [0.05, 0.1) is 22.6 Å². The van der Waals surface area contributed by atoms with Gasteiger partial charge in [0.15, 0.2) is 10.1 Å². The molecule has 0 spiro atoms. The average Bonchev–Trinajstić information content (AvgIpc) is 3.42. The highest BCUT2D eigenvalue weighted by Gasteiger charge is 2.11. The van der Waals surface area contributed by atoms with Crippen LogP contribution in [-0.4, -0.2) is 34.9 Å². The fourth-order valence-corrected chi connectivity index (χ4v) is 6.40. The summed E-state index contributed by atoms with van der Waals surface area (Å²) in [5.74, 6) is 0.612. The molecule has 0 saturated heterocycles. The summed E-state index contributed by atoms with van der Waals surface area (Å²) in [5.41, 5.74) is 3.29. The van der Waals surface area contributed by atoms with Crippen molar-refractivity contribution in [3.05, 3.63) is 77.9 Å². The van der Waals surface area contributed by atoms with Gasteiger partial charge in [0.2, 0.25) is 5.91 Å². The van der Waals surface area contributed by atoms with Gasteiger partial charge in [-0.05, 0) is 80.1 Å². The van der Waals surface area contributed by atoms with Crippen LogP contribution in [0.3, 0.4) is 0 Å². The zero-order valence-electron chi connectivity index (χ0n) is 24.8. The number of fused-ring (bicyclic) bond motifs is 1. The van der Waals surface area contributed by atoms with Crippen molar-refractivity contribution in [2.24, 2.45) is 0 Å². The van der Waals surface area contributed by atoms with E-state index in [0.717, 1.165) is 26.7 Å². The highest BCUT2D eigenvalue weighted by Crippen LogP contribution is 2.31. The van der Waals surface area contributed by atoms with Crippen LogP contribution in [0.15, 0.2) is 71.1 Å². The molecule has 2 N–H and O–H groups in total. The predicted octanol–water partition coefficient (Wildman–Crippen LogP) is 9.00. The van der Waals surface area contributed by atoms with Crippen LogP contribution in [0, 0.1) is 0 Å². The number of hydrogen-bond donors (Lipinski definition) is 2. The van der Waals surface area contributed by atoms with E-state index in [2.05, 4.69) is 22.5 Å². The van der Waals surface area contributed by atoms with Gasteiger partial charge in [-0.1, -0.05) is 63.6 Å². The fourth-order valence-electron chi connectivity index (χ4n) is 4.49. The number of ether oxygens (including phenoxy) is 1. The first-order valence-electron chi connectivity index (χ1n) is 14.9. The standard InChI is InChI=1S/C34H39N3O4S2/c1-3-4-5-6-7-8-9-10-21-41-29-18-13-26(14-19-29)33(40)36-28-17-20-30-31(22-28)43-34(37-30)42-23-32(39)35-27-15-11-25(12-16-27)24(2)38/h11-20,22H,3-10,21,23H2,1-2H3,(H,35,39)(H,36,40). The van der Waals surface area contributed by atoms with Crippen LogP contribution < -0.4 is 15.4 Å². The SMILES string of the molecule is CCCCCCCCCCOc1ccc(C(=O)Nc2ccc3nc(SCC(=O)Nc4ccc(C(C)=O)cc4)sc3c2)cc1. The first-order chi connectivity index (χ1) is 20.9. The van der Waals surface area contributed by atoms with Crippen molar-refractivity contribution in [1.82, 2.24) is 4.98 Å². The van der Waals surface area contributed by atoms with E-state index in [0.29, 0.717) is 29.1 Å². The number of thiazole rings is 1. The molecule has 0 saturated carbocycles. The lowest BCUT2D eigenvalue weighted by atomic mass is 10.1. The monoisotopic (exact) mass is 617 g/mol. The maximum Gasteiger partial charge on any atom is 0.255 e. The van der Waals surface area contributed by atoms with Crippen molar-refractivity contribution < 1.29 is 19.1 Å². The Morgan fingerprint density at radius 1 is 0.791 bits per heavy atom. The predicted molar refractivity (Wildman–Crippen MR) is 178 cm³/mol. The average molecular weight is 618 g/mol. The van der Waals surface area contributed by atoms with E-state index in [9.17, 15) is 14.4 Å². The van der Waals surface area contributed by atoms with Gasteiger partial charge in [-0.3, -0.25) is 14.4 Å². The molecule has 9 heteroatoms. The molecule has 1 aromatic heterocycles. The number of carbonyl (C=O) groups excluding carboxylic acids is 3. The van der Waals surface area contributed by atoms with E-state index in [1.165, 1.54) is 75.0 Å². The van der Waals surface area contributed by atoms with E-state index < -0.39 is 0 Å². The van der Waals surface area contributed by atoms with Crippen molar-refractivity contribution in [3.63, 3.8) is 0 Å². The molecular formula is C34H39N3O4S2. The third-order valence-corrected chi connectivity index (χ3v) is 9.07. The summed E-state index contributed by atoms with van der Waals surface area (Å²) in [6.45, 7) is 4.44. The topological polar surface area (TPSA) is 97.4 Å². The molecule has 0 fully saturated rings. The quantitative estimate of drug-likeness (QED) is 0.0697. The van der Waals surface area contributed by atoms with Crippen molar-refractivity contribution in [3.8, 4) is 5.75 Å². The van der Waals surface area contributed by atoms with Crippen LogP contribution >= 0.6 is 23.1 Å². The Hall–Kier alpha value is -3.69. The summed E-state index contributed by atoms with van der Waals surface area (Å²) in [5, 5.41) is 5.80. The highest BCUT2D eigenvalue weighted by molar-refractivity contribution is 8.01. The maximum absolute atomic E-state index is 12.8. The van der Waals surface area contributed by atoms with Gasteiger partial charge in [0.1, 0.15) is 5.75 Å². The smallest absolute Gasteiger partial charge is 0.255 e. The molecule has 3 aromatic carbocycles. The number of anilines is 2. The van der Waals surface area contributed by atoms with Gasteiger partial charge in [-0.15, -0.1) is 11.3 Å². The van der Waals surface area contributed by atoms with Gasteiger partial charge in [0.25, 0.3) is 5.91 Å². The van der Waals surface area contributed by atoms with Crippen LogP contribution in [0.25, 0.3) is 10.2 Å². The number of thioether (sulfide) groups is 1. The zero-order valence-corrected chi connectivity index (χ0v) is 26.5. The number of amides is 2. The number of Topliss-reactive ketones (excluding diaryl/α,β-unsaturated/α-hetero) is 1. The second-order valence-corrected chi connectivity index (χ2v) is 12.7. The number of aromatic nitrogens is 1. The van der Waals surface area contributed by atoms with E-state index in [1.807, 2.05) is 30.3 Å². The van der Waals surface area contributed by atoms with Crippen molar-refractivity contribution in [2.45, 2.75) is 69.6 Å². The Labute approximate surface area is 261 Å². The molecule has 0 aliphatic rings. The van der Waals surface area contributed by atoms with E-state index in [1.54, 1.807) is 36.4 Å². The molecule has 0 radical (unpaired) electrons. The second kappa shape index (κ2) is 16.8. The normalized spacial score (nSPS) is 10.9. The number of rotatable bonds is 17. The van der Waals surface area contributed by atoms with E-state index >= 15 is 0 Å². The minimum atomic E-state index is -0.193. The van der Waals surface area contributed by atoms with Gasteiger partial charge < -0.3 is 15.4 Å². The minimum Gasteiger partial charge on any atom is -0.494 e. The van der Waals surface area contributed by atoms with Crippen LogP contribution in [0.5, 0.6) is 5.75 Å². The molecule has 4 aromatic rings. The Bertz CT molecular complexity index is 1500. The van der Waals surface area contributed by atoms with Gasteiger partial charge in [0, 0.05) is 22.5 Å². The lowest BCUT2D eigenvalue weighted by Crippen LogP contribution is -2.13. The van der Waals surface area contributed by atoms with Crippen molar-refractivity contribution in [2.75, 3.05) is 23.0 Å². The third-order valence-electron chi connectivity index (χ3n) is 6.91. The highest BCUT2D eigenvalue weighted by atomic mass is 32.2. The Morgan fingerprint density at radius 2 is 1.44 bits per heavy atom. The maximum atomic E-state index is 12.8. The van der Waals surface area contributed by atoms with Crippen LogP contribution in [0.4, 0.5) is 11.4 Å². The number of carbonyl (C=O) groups is 3. The van der Waals surface area contributed by atoms with Gasteiger partial charge in [-0.2, -0.15) is 0 Å². The molecule has 43 heavy (non-hydrogen) atoms. The van der Waals surface area contributed by atoms with E-state index in [-0.39, 0.29) is 23.4 Å². The molecule has 226 valence electrons. The molecule has 0 unspecified atom stereocenters. The van der Waals surface area contributed by atoms with Crippen LogP contribution in [-0.2, 0) is 4.79 Å². The summed E-state index contributed by atoms with van der Waals surface area (Å²) in [6, 6.07) is 19.6. The molecular weight excluding hydrogens is 579 g/mol. The molecule has 0 aliphatic carbocycles. The number of hydrogen-bond acceptors (Lipinski definition) is 7. The molecule has 1 heterocycles. The summed E-state index contributed by atoms with van der Waals surface area (Å²) in [7, 11) is 0. The lowest BCUT2D eigenvalue weighted by molar-refractivity contribution is -0.113. The molecule has 0 aliphatic heterocycles. The number of nitrogens with one attached hydrogen (secondary N) is 2. The Morgan fingerprint density at radius 3 is 2.14 bits per heavy atom. The third kappa shape index (κ3) is 10.5.